The van der Waals surface area contributed by atoms with E-state index in [4.69, 9.17) is 0 Å². The average Bonchev–Trinajstić information content (AvgIpc) is 3.45. The largest absolute Gasteiger partial charge is 0.339 e. The molecule has 0 unspecified atom stereocenters. The lowest BCUT2D eigenvalue weighted by atomic mass is 9.76. The summed E-state index contributed by atoms with van der Waals surface area (Å²) >= 11 is 0. The third-order valence-electron chi connectivity index (χ3n) is 7.45. The summed E-state index contributed by atoms with van der Waals surface area (Å²) < 4.78 is 55.0. The Hall–Kier alpha value is -4.53. The zero-order chi connectivity index (χ0) is 29.3. The third-order valence-corrected chi connectivity index (χ3v) is 7.45. The highest BCUT2D eigenvalue weighted by atomic mass is 19.2. The van der Waals surface area contributed by atoms with E-state index in [9.17, 15) is 27.2 Å². The zero-order valence-corrected chi connectivity index (χ0v) is 22.5. The van der Waals surface area contributed by atoms with Crippen LogP contribution >= 0.6 is 0 Å². The van der Waals surface area contributed by atoms with Crippen LogP contribution in [-0.4, -0.2) is 39.9 Å². The predicted molar refractivity (Wildman–Crippen MR) is 149 cm³/mol. The fourth-order valence-corrected chi connectivity index (χ4v) is 5.33. The summed E-state index contributed by atoms with van der Waals surface area (Å²) in [5.74, 6) is -4.80. The molecule has 1 N–H and O–H groups in total. The molecule has 1 heterocycles. The van der Waals surface area contributed by atoms with Crippen LogP contribution in [0.25, 0.3) is 23.1 Å². The minimum Gasteiger partial charge on any atom is -0.339 e. The van der Waals surface area contributed by atoms with E-state index in [1.807, 2.05) is 19.9 Å². The van der Waals surface area contributed by atoms with Gasteiger partial charge in [0.25, 0.3) is 5.91 Å². The number of fused-ring (bicyclic) bond motifs is 1. The van der Waals surface area contributed by atoms with Gasteiger partial charge in [-0.15, -0.1) is 0 Å². The molecule has 0 saturated heterocycles. The summed E-state index contributed by atoms with van der Waals surface area (Å²) in [7, 11) is 0. The number of nitrogens with zero attached hydrogens (tertiary/aromatic N) is 2. The maximum atomic E-state index is 13.9. The van der Waals surface area contributed by atoms with Gasteiger partial charge in [0.05, 0.1) is 17.3 Å². The number of H-pyrrole nitrogens is 1. The van der Waals surface area contributed by atoms with E-state index >= 15 is 0 Å². The molecule has 5 rings (SSSR count). The molecule has 1 saturated carbocycles. The normalized spacial score (nSPS) is 17.5. The number of nitrogens with one attached hydrogen (secondary N) is 1. The monoisotopic (exact) mass is 561 g/mol. The zero-order valence-electron chi connectivity index (χ0n) is 22.5. The number of carbonyl (C=O) groups is 2. The number of ketones is 1. The molecule has 3 aromatic carbocycles. The van der Waals surface area contributed by atoms with Gasteiger partial charge in [0.15, 0.2) is 29.1 Å². The predicted octanol–water partition coefficient (Wildman–Crippen LogP) is 7.22. The summed E-state index contributed by atoms with van der Waals surface area (Å²) in [5.41, 5.74) is 3.28. The molecular formula is C32H27F4N3O2. The first-order chi connectivity index (χ1) is 19.7. The molecule has 1 aromatic heterocycles. The Balaban J connectivity index is 1.60. The van der Waals surface area contributed by atoms with Crippen molar-refractivity contribution in [3.63, 3.8) is 0 Å². The fraction of sp³-hybridized carbons (Fsp3) is 0.219. The van der Waals surface area contributed by atoms with Crippen molar-refractivity contribution in [1.82, 2.24) is 15.1 Å². The second-order valence-corrected chi connectivity index (χ2v) is 9.96. The van der Waals surface area contributed by atoms with Crippen LogP contribution in [0.15, 0.2) is 65.9 Å². The van der Waals surface area contributed by atoms with E-state index in [1.165, 1.54) is 24.3 Å². The van der Waals surface area contributed by atoms with Crippen molar-refractivity contribution in [1.29, 1.82) is 0 Å². The summed E-state index contributed by atoms with van der Waals surface area (Å²) in [5, 5.41) is 7.83. The quantitative estimate of drug-likeness (QED) is 0.200. The molecule has 5 nitrogen and oxygen atoms in total. The topological polar surface area (TPSA) is 66.1 Å². The van der Waals surface area contributed by atoms with Crippen LogP contribution in [0.1, 0.15) is 59.7 Å². The Morgan fingerprint density at radius 2 is 1.44 bits per heavy atom. The number of carbonyl (C=O) groups excluding carboxylic acids is 2. The lowest BCUT2D eigenvalue weighted by molar-refractivity contribution is -0.113. The number of aromatic nitrogens is 2. The fourth-order valence-electron chi connectivity index (χ4n) is 5.33. The highest BCUT2D eigenvalue weighted by molar-refractivity contribution is 6.14. The van der Waals surface area contributed by atoms with Crippen molar-refractivity contribution in [3.05, 3.63) is 111 Å². The van der Waals surface area contributed by atoms with Gasteiger partial charge < -0.3 is 4.90 Å². The van der Waals surface area contributed by atoms with Gasteiger partial charge in [0.2, 0.25) is 0 Å². The van der Waals surface area contributed by atoms with Gasteiger partial charge in [-0.25, -0.2) is 17.6 Å². The second kappa shape index (κ2) is 11.5. The van der Waals surface area contributed by atoms with Gasteiger partial charge in [0, 0.05) is 29.6 Å². The van der Waals surface area contributed by atoms with Gasteiger partial charge in [-0.2, -0.15) is 5.10 Å². The number of allylic oxidation sites excluding steroid dienone is 2. The van der Waals surface area contributed by atoms with E-state index in [2.05, 4.69) is 10.2 Å². The van der Waals surface area contributed by atoms with E-state index in [0.29, 0.717) is 51.8 Å². The van der Waals surface area contributed by atoms with E-state index < -0.39 is 23.3 Å². The second-order valence-electron chi connectivity index (χ2n) is 9.96. The maximum absolute atomic E-state index is 13.9. The number of halogens is 4. The highest BCUT2D eigenvalue weighted by Crippen LogP contribution is 2.41. The molecule has 1 aliphatic rings. The number of benzene rings is 3. The Kier molecular flexibility index (Phi) is 7.88. The summed E-state index contributed by atoms with van der Waals surface area (Å²) in [6.45, 7) is 4.92. The van der Waals surface area contributed by atoms with Crippen LogP contribution in [-0.2, 0) is 4.79 Å². The van der Waals surface area contributed by atoms with Crippen molar-refractivity contribution in [2.75, 3.05) is 13.1 Å². The SMILES string of the molecule is CCN(CC)C(=O)c1ccc(C2C/C(=C\c3ccc(F)c(F)c3)C(=O)/C(=C/c3ccc(F)c(F)c3)C2)c2[nH]ncc12. The number of hydrogen-bond acceptors (Lipinski definition) is 3. The molecule has 210 valence electrons. The standard InChI is InChI=1S/C32H27F4N3O2/c1-3-39(4-2)32(41)24-8-7-23(30-25(24)17-37-38-30)20-15-21(11-18-5-9-26(33)28(35)13-18)31(40)22(16-20)12-19-6-10-27(34)29(36)14-19/h5-14,17,20H,3-4,15-16H2,1-2H3,(H,37,38)/b21-11+,22-12+. The van der Waals surface area contributed by atoms with Crippen LogP contribution in [0.2, 0.25) is 0 Å². The van der Waals surface area contributed by atoms with Crippen molar-refractivity contribution in [3.8, 4) is 0 Å². The molecule has 4 aromatic rings. The minimum atomic E-state index is -1.04. The van der Waals surface area contributed by atoms with E-state index in [0.717, 1.165) is 29.8 Å². The smallest absolute Gasteiger partial charge is 0.254 e. The Morgan fingerprint density at radius 1 is 0.878 bits per heavy atom. The molecule has 1 fully saturated rings. The highest BCUT2D eigenvalue weighted by Gasteiger charge is 2.31. The molecule has 1 aliphatic carbocycles. The van der Waals surface area contributed by atoms with Gasteiger partial charge in [-0.1, -0.05) is 18.2 Å². The van der Waals surface area contributed by atoms with E-state index in [1.54, 1.807) is 17.2 Å². The first kappa shape index (κ1) is 28.0. The van der Waals surface area contributed by atoms with Crippen LogP contribution in [0.3, 0.4) is 0 Å². The molecule has 0 aliphatic heterocycles. The van der Waals surface area contributed by atoms with E-state index in [-0.39, 0.29) is 30.4 Å². The van der Waals surface area contributed by atoms with Crippen LogP contribution in [0.4, 0.5) is 17.6 Å². The lowest BCUT2D eigenvalue weighted by Gasteiger charge is -2.27. The molecule has 0 radical (unpaired) electrons. The number of hydrogen-bond donors (Lipinski definition) is 1. The molecule has 0 atom stereocenters. The van der Waals surface area contributed by atoms with Crippen molar-refractivity contribution in [2.45, 2.75) is 32.6 Å². The Morgan fingerprint density at radius 3 is 1.95 bits per heavy atom. The van der Waals surface area contributed by atoms with Crippen molar-refractivity contribution >= 4 is 34.7 Å². The van der Waals surface area contributed by atoms with Gasteiger partial charge in [0.1, 0.15) is 0 Å². The average molecular weight is 562 g/mol. The molecule has 0 spiro atoms. The van der Waals surface area contributed by atoms with Crippen molar-refractivity contribution < 1.29 is 27.2 Å². The summed E-state index contributed by atoms with van der Waals surface area (Å²) in [4.78, 5) is 28.5. The molecular weight excluding hydrogens is 534 g/mol. The lowest BCUT2D eigenvalue weighted by Crippen LogP contribution is -2.30. The first-order valence-corrected chi connectivity index (χ1v) is 13.3. The third kappa shape index (κ3) is 5.57. The number of rotatable bonds is 6. The summed E-state index contributed by atoms with van der Waals surface area (Å²) in [6.07, 6.45) is 5.16. The molecule has 0 bridgehead atoms. The van der Waals surface area contributed by atoms with Crippen LogP contribution < -0.4 is 0 Å². The molecule has 41 heavy (non-hydrogen) atoms. The number of Topliss-reactive ketones (excluding diaryl/α,β-unsaturated/α-hetero) is 1. The van der Waals surface area contributed by atoms with Gasteiger partial charge >= 0.3 is 0 Å². The molecule has 1 amide bonds. The first-order valence-electron chi connectivity index (χ1n) is 13.3. The van der Waals surface area contributed by atoms with Crippen LogP contribution in [0.5, 0.6) is 0 Å². The van der Waals surface area contributed by atoms with Gasteiger partial charge in [-0.3, -0.25) is 14.7 Å². The minimum absolute atomic E-state index is 0.121. The van der Waals surface area contributed by atoms with Crippen LogP contribution in [0, 0.1) is 23.3 Å². The summed E-state index contributed by atoms with van der Waals surface area (Å²) in [6, 6.07) is 10.3. The number of aromatic amines is 1. The van der Waals surface area contributed by atoms with Crippen molar-refractivity contribution in [2.24, 2.45) is 0 Å². The molecule has 9 heteroatoms. The Labute approximate surface area is 234 Å². The number of amides is 1. The maximum Gasteiger partial charge on any atom is 0.254 e. The Bertz CT molecular complexity index is 1650. The van der Waals surface area contributed by atoms with Gasteiger partial charge in [-0.05, 0) is 91.8 Å².